The highest BCUT2D eigenvalue weighted by molar-refractivity contribution is 7.91. The summed E-state index contributed by atoms with van der Waals surface area (Å²) in [6.07, 6.45) is 0. The Morgan fingerprint density at radius 1 is 0.806 bits per heavy atom. The number of aromatic nitrogens is 1. The van der Waals surface area contributed by atoms with Crippen molar-refractivity contribution < 1.29 is 17.6 Å². The van der Waals surface area contributed by atoms with Crippen LogP contribution in [0.5, 0.6) is 5.75 Å². The van der Waals surface area contributed by atoms with Crippen LogP contribution in [0.25, 0.3) is 11.5 Å². The molecule has 5 aromatic rings. The van der Waals surface area contributed by atoms with Crippen LogP contribution in [0.3, 0.4) is 0 Å². The molecule has 0 bridgehead atoms. The van der Waals surface area contributed by atoms with E-state index >= 15 is 0 Å². The number of nitrogens with zero attached hydrogens (tertiary/aromatic N) is 1. The molecule has 6 nitrogen and oxygen atoms in total. The van der Waals surface area contributed by atoms with E-state index in [0.717, 1.165) is 5.56 Å². The Labute approximate surface area is 214 Å². The van der Waals surface area contributed by atoms with Gasteiger partial charge in [-0.2, -0.15) is 4.98 Å². The van der Waals surface area contributed by atoms with Crippen LogP contribution in [0.1, 0.15) is 5.56 Å². The number of hydrogen-bond acceptors (Lipinski definition) is 6. The minimum absolute atomic E-state index is 0.00766. The summed E-state index contributed by atoms with van der Waals surface area (Å²) in [5.74, 6) is 0.767. The highest BCUT2D eigenvalue weighted by atomic mass is 35.5. The van der Waals surface area contributed by atoms with E-state index in [1.165, 1.54) is 12.1 Å². The summed E-state index contributed by atoms with van der Waals surface area (Å²) in [5.41, 5.74) is 2.15. The van der Waals surface area contributed by atoms with Crippen molar-refractivity contribution in [2.24, 2.45) is 0 Å². The molecule has 0 spiro atoms. The van der Waals surface area contributed by atoms with E-state index in [9.17, 15) is 8.42 Å². The standard InChI is InChI=1S/C28H21ClN2O4S/c29-25-14-8-7-13-24(25)26-31-28(36(32,33)23-11-5-2-6-12-23)27(35-26)30-21-15-17-22(18-16-21)34-19-20-9-3-1-4-10-20/h1-18,30H,19H2. The molecule has 0 aliphatic rings. The van der Waals surface area contributed by atoms with E-state index in [4.69, 9.17) is 20.8 Å². The van der Waals surface area contributed by atoms with Gasteiger partial charge < -0.3 is 14.5 Å². The average Bonchev–Trinajstić information content (AvgIpc) is 3.34. The van der Waals surface area contributed by atoms with Crippen LogP contribution < -0.4 is 10.1 Å². The number of nitrogens with one attached hydrogen (secondary N) is 1. The molecule has 1 aromatic heterocycles. The lowest BCUT2D eigenvalue weighted by Crippen LogP contribution is -2.05. The molecule has 0 fully saturated rings. The van der Waals surface area contributed by atoms with Gasteiger partial charge >= 0.3 is 0 Å². The molecule has 0 radical (unpaired) electrons. The predicted octanol–water partition coefficient (Wildman–Crippen LogP) is 7.15. The summed E-state index contributed by atoms with van der Waals surface area (Å²) in [6, 6.07) is 32.0. The maximum Gasteiger partial charge on any atom is 0.238 e. The summed E-state index contributed by atoms with van der Waals surface area (Å²) in [7, 11) is -3.97. The van der Waals surface area contributed by atoms with Gasteiger partial charge in [0.25, 0.3) is 0 Å². The molecule has 0 saturated carbocycles. The van der Waals surface area contributed by atoms with Gasteiger partial charge in [-0.1, -0.05) is 72.3 Å². The van der Waals surface area contributed by atoms with Crippen molar-refractivity contribution in [3.63, 3.8) is 0 Å². The number of hydrogen-bond donors (Lipinski definition) is 1. The Bertz CT molecular complexity index is 1570. The molecule has 0 saturated heterocycles. The highest BCUT2D eigenvalue weighted by Gasteiger charge is 2.29. The number of anilines is 2. The molecule has 0 atom stereocenters. The van der Waals surface area contributed by atoms with Crippen LogP contribution in [0.2, 0.25) is 5.02 Å². The maximum atomic E-state index is 13.4. The molecule has 36 heavy (non-hydrogen) atoms. The van der Waals surface area contributed by atoms with Crippen molar-refractivity contribution in [2.45, 2.75) is 16.5 Å². The number of oxazole rings is 1. The van der Waals surface area contributed by atoms with E-state index in [1.807, 2.05) is 30.3 Å². The average molecular weight is 517 g/mol. The van der Waals surface area contributed by atoms with Crippen molar-refractivity contribution >= 4 is 33.0 Å². The second-order valence-corrected chi connectivity index (χ2v) is 10.1. The van der Waals surface area contributed by atoms with Gasteiger partial charge in [-0.15, -0.1) is 0 Å². The van der Waals surface area contributed by atoms with Crippen molar-refractivity contribution in [3.8, 4) is 17.2 Å². The minimum atomic E-state index is -3.97. The van der Waals surface area contributed by atoms with E-state index < -0.39 is 9.84 Å². The zero-order valence-electron chi connectivity index (χ0n) is 19.0. The summed E-state index contributed by atoms with van der Waals surface area (Å²) in [4.78, 5) is 4.45. The molecule has 1 heterocycles. The fourth-order valence-electron chi connectivity index (χ4n) is 3.53. The summed E-state index contributed by atoms with van der Waals surface area (Å²) >= 11 is 6.32. The van der Waals surface area contributed by atoms with Crippen LogP contribution in [-0.4, -0.2) is 13.4 Å². The molecular formula is C28H21ClN2O4S. The smallest absolute Gasteiger partial charge is 0.238 e. The molecule has 0 aliphatic heterocycles. The lowest BCUT2D eigenvalue weighted by atomic mass is 10.2. The van der Waals surface area contributed by atoms with Crippen LogP contribution in [-0.2, 0) is 16.4 Å². The molecule has 0 amide bonds. The van der Waals surface area contributed by atoms with E-state index in [0.29, 0.717) is 28.6 Å². The lowest BCUT2D eigenvalue weighted by Gasteiger charge is -2.09. The SMILES string of the molecule is O=S(=O)(c1ccccc1)c1nc(-c2ccccc2Cl)oc1Nc1ccc(OCc2ccccc2)cc1. The van der Waals surface area contributed by atoms with Gasteiger partial charge in [0.05, 0.1) is 15.5 Å². The summed E-state index contributed by atoms with van der Waals surface area (Å²) < 4.78 is 38.6. The first-order chi connectivity index (χ1) is 17.5. The largest absolute Gasteiger partial charge is 0.489 e. The van der Waals surface area contributed by atoms with Gasteiger partial charge in [-0.3, -0.25) is 0 Å². The zero-order valence-corrected chi connectivity index (χ0v) is 20.5. The van der Waals surface area contributed by atoms with Crippen molar-refractivity contribution in [3.05, 3.63) is 120 Å². The van der Waals surface area contributed by atoms with Gasteiger partial charge in [-0.25, -0.2) is 8.42 Å². The monoisotopic (exact) mass is 516 g/mol. The van der Waals surface area contributed by atoms with Gasteiger partial charge in [0, 0.05) is 5.69 Å². The fourth-order valence-corrected chi connectivity index (χ4v) is 5.03. The number of rotatable bonds is 8. The third-order valence-corrected chi connectivity index (χ3v) is 7.38. The Hall–Kier alpha value is -4.07. The van der Waals surface area contributed by atoms with Gasteiger partial charge in [0.2, 0.25) is 26.6 Å². The molecule has 5 rings (SSSR count). The Morgan fingerprint density at radius 2 is 1.44 bits per heavy atom. The lowest BCUT2D eigenvalue weighted by molar-refractivity contribution is 0.306. The maximum absolute atomic E-state index is 13.4. The predicted molar refractivity (Wildman–Crippen MR) is 139 cm³/mol. The van der Waals surface area contributed by atoms with Crippen LogP contribution in [0, 0.1) is 0 Å². The van der Waals surface area contributed by atoms with Crippen LogP contribution >= 0.6 is 11.6 Å². The third-order valence-electron chi connectivity index (χ3n) is 5.37. The second kappa shape index (κ2) is 10.3. The van der Waals surface area contributed by atoms with Gasteiger partial charge in [-0.05, 0) is 54.1 Å². The first kappa shape index (κ1) is 23.7. The summed E-state index contributed by atoms with van der Waals surface area (Å²) in [5, 5.41) is 3.22. The van der Waals surface area contributed by atoms with Crippen molar-refractivity contribution in [2.75, 3.05) is 5.32 Å². The summed E-state index contributed by atoms with van der Waals surface area (Å²) in [6.45, 7) is 0.441. The number of benzene rings is 4. The number of sulfone groups is 1. The first-order valence-corrected chi connectivity index (χ1v) is 13.0. The second-order valence-electron chi connectivity index (χ2n) is 7.87. The Kier molecular flexibility index (Phi) is 6.75. The van der Waals surface area contributed by atoms with E-state index in [1.54, 1.807) is 66.7 Å². The van der Waals surface area contributed by atoms with E-state index in [2.05, 4.69) is 10.3 Å². The van der Waals surface area contributed by atoms with E-state index in [-0.39, 0.29) is 21.7 Å². The third kappa shape index (κ3) is 5.12. The fraction of sp³-hybridized carbons (Fsp3) is 0.0357. The Balaban J connectivity index is 1.45. The zero-order chi connectivity index (χ0) is 25.0. The molecule has 8 heteroatoms. The Morgan fingerprint density at radius 3 is 2.14 bits per heavy atom. The topological polar surface area (TPSA) is 81.4 Å². The number of halogens is 1. The molecule has 0 unspecified atom stereocenters. The molecule has 180 valence electrons. The van der Waals surface area contributed by atoms with Crippen molar-refractivity contribution in [1.29, 1.82) is 0 Å². The van der Waals surface area contributed by atoms with Crippen molar-refractivity contribution in [1.82, 2.24) is 4.98 Å². The minimum Gasteiger partial charge on any atom is -0.489 e. The molecule has 0 aliphatic carbocycles. The molecule has 4 aromatic carbocycles. The normalized spacial score (nSPS) is 11.2. The quantitative estimate of drug-likeness (QED) is 0.236. The molecular weight excluding hydrogens is 496 g/mol. The molecule has 1 N–H and O–H groups in total. The highest BCUT2D eigenvalue weighted by Crippen LogP contribution is 2.36. The first-order valence-electron chi connectivity index (χ1n) is 11.1. The van der Waals surface area contributed by atoms with Gasteiger partial charge in [0.15, 0.2) is 0 Å². The van der Waals surface area contributed by atoms with Gasteiger partial charge in [0.1, 0.15) is 12.4 Å². The number of ether oxygens (including phenoxy) is 1. The van der Waals surface area contributed by atoms with Crippen LogP contribution in [0.4, 0.5) is 11.6 Å². The van der Waals surface area contributed by atoms with Crippen LogP contribution in [0.15, 0.2) is 124 Å².